The van der Waals surface area contributed by atoms with Gasteiger partial charge in [-0.25, -0.2) is 4.68 Å². The average Bonchev–Trinajstić information content (AvgIpc) is 2.96. The largest absolute Gasteiger partial charge is 0.492 e. The normalized spacial score (nSPS) is 12.5. The van der Waals surface area contributed by atoms with Crippen LogP contribution in [0, 0.1) is 0 Å². The minimum Gasteiger partial charge on any atom is -0.492 e. The Morgan fingerprint density at radius 2 is 2.00 bits per heavy atom. The second-order valence-corrected chi connectivity index (χ2v) is 4.94. The van der Waals surface area contributed by atoms with Crippen LogP contribution in [0.15, 0.2) is 48.7 Å². The van der Waals surface area contributed by atoms with Crippen LogP contribution in [-0.2, 0) is 6.54 Å². The maximum absolute atomic E-state index is 9.39. The molecule has 0 aliphatic rings. The van der Waals surface area contributed by atoms with Crippen molar-refractivity contribution < 1.29 is 9.84 Å². The first-order valence-corrected chi connectivity index (χ1v) is 6.92. The van der Waals surface area contributed by atoms with Gasteiger partial charge >= 0.3 is 0 Å². The van der Waals surface area contributed by atoms with Gasteiger partial charge in [-0.1, -0.05) is 35.5 Å². The van der Waals surface area contributed by atoms with Crippen molar-refractivity contribution in [2.45, 2.75) is 19.6 Å². The van der Waals surface area contributed by atoms with E-state index in [9.17, 15) is 5.11 Å². The zero-order valence-corrected chi connectivity index (χ0v) is 11.8. The molecule has 0 aliphatic heterocycles. The van der Waals surface area contributed by atoms with Crippen molar-refractivity contribution >= 4 is 10.8 Å². The van der Waals surface area contributed by atoms with Crippen LogP contribution < -0.4 is 4.74 Å². The molecule has 0 amide bonds. The topological polar surface area (TPSA) is 60.2 Å². The van der Waals surface area contributed by atoms with Crippen molar-refractivity contribution in [2.24, 2.45) is 0 Å². The Labute approximate surface area is 122 Å². The van der Waals surface area contributed by atoms with Crippen molar-refractivity contribution in [1.82, 2.24) is 15.0 Å². The highest BCUT2D eigenvalue weighted by molar-refractivity contribution is 5.83. The number of aliphatic hydroxyl groups excluding tert-OH is 1. The van der Waals surface area contributed by atoms with Gasteiger partial charge in [-0.2, -0.15) is 0 Å². The second kappa shape index (κ2) is 5.93. The molecule has 0 spiro atoms. The van der Waals surface area contributed by atoms with E-state index in [4.69, 9.17) is 4.74 Å². The summed E-state index contributed by atoms with van der Waals surface area (Å²) in [4.78, 5) is 0. The lowest BCUT2D eigenvalue weighted by atomic mass is 10.1. The molecule has 3 aromatic rings. The van der Waals surface area contributed by atoms with Gasteiger partial charge in [0.2, 0.25) is 0 Å². The average molecular weight is 283 g/mol. The summed E-state index contributed by atoms with van der Waals surface area (Å²) in [6.45, 7) is 2.76. The first-order valence-electron chi connectivity index (χ1n) is 6.92. The van der Waals surface area contributed by atoms with E-state index < -0.39 is 6.10 Å². The molecule has 1 aromatic heterocycles. The molecule has 0 bridgehead atoms. The summed E-state index contributed by atoms with van der Waals surface area (Å²) in [5.41, 5.74) is 0.570. The van der Waals surface area contributed by atoms with Gasteiger partial charge in [-0.05, 0) is 29.8 Å². The highest BCUT2D eigenvalue weighted by atomic mass is 16.5. The van der Waals surface area contributed by atoms with Crippen LogP contribution in [-0.4, -0.2) is 26.7 Å². The predicted molar refractivity (Wildman–Crippen MR) is 80.1 cm³/mol. The van der Waals surface area contributed by atoms with Crippen LogP contribution in [0.4, 0.5) is 0 Å². The number of nitrogens with zero attached hydrogens (tertiary/aromatic N) is 3. The lowest BCUT2D eigenvalue weighted by Crippen LogP contribution is -2.08. The van der Waals surface area contributed by atoms with Gasteiger partial charge in [0.25, 0.3) is 0 Å². The van der Waals surface area contributed by atoms with Crippen molar-refractivity contribution in [3.8, 4) is 5.75 Å². The third-order valence-electron chi connectivity index (χ3n) is 3.29. The number of hydrogen-bond acceptors (Lipinski definition) is 4. The molecule has 0 fully saturated rings. The summed E-state index contributed by atoms with van der Waals surface area (Å²) in [6.07, 6.45) is 1.13. The Kier molecular flexibility index (Phi) is 3.83. The molecular formula is C16H17N3O2. The van der Waals surface area contributed by atoms with Crippen molar-refractivity contribution in [2.75, 3.05) is 6.61 Å². The van der Waals surface area contributed by atoms with E-state index in [1.54, 1.807) is 17.8 Å². The molecule has 108 valence electrons. The number of aliphatic hydroxyl groups is 1. The Hall–Kier alpha value is -2.40. The van der Waals surface area contributed by atoms with Crippen LogP contribution >= 0.6 is 0 Å². The molecule has 5 heteroatoms. The van der Waals surface area contributed by atoms with Crippen LogP contribution in [0.25, 0.3) is 10.8 Å². The summed E-state index contributed by atoms with van der Waals surface area (Å²) in [7, 11) is 0. The van der Waals surface area contributed by atoms with Gasteiger partial charge in [0.1, 0.15) is 18.1 Å². The van der Waals surface area contributed by atoms with Crippen LogP contribution in [0.1, 0.15) is 18.7 Å². The lowest BCUT2D eigenvalue weighted by Gasteiger charge is -2.07. The molecule has 3 rings (SSSR count). The van der Waals surface area contributed by atoms with Gasteiger partial charge in [-0.3, -0.25) is 0 Å². The monoisotopic (exact) mass is 283 g/mol. The Morgan fingerprint density at radius 3 is 2.76 bits per heavy atom. The Bertz CT molecular complexity index is 737. The number of ether oxygens (including phenoxy) is 1. The quantitative estimate of drug-likeness (QED) is 0.781. The van der Waals surface area contributed by atoms with E-state index >= 15 is 0 Å². The van der Waals surface area contributed by atoms with E-state index in [2.05, 4.69) is 22.4 Å². The maximum Gasteiger partial charge on any atom is 0.120 e. The van der Waals surface area contributed by atoms with Crippen molar-refractivity contribution in [3.05, 3.63) is 54.4 Å². The zero-order chi connectivity index (χ0) is 14.7. The Morgan fingerprint density at radius 1 is 1.19 bits per heavy atom. The standard InChI is InChI=1S/C16H17N3O2/c1-12(20)16-11-19(18-17-16)8-9-21-15-7-6-13-4-2-3-5-14(13)10-15/h2-7,10-12,20H,8-9H2,1H3. The van der Waals surface area contributed by atoms with Gasteiger partial charge in [-0.15, -0.1) is 5.10 Å². The summed E-state index contributed by atoms with van der Waals surface area (Å²) < 4.78 is 7.41. The molecule has 0 saturated heterocycles. The number of aromatic nitrogens is 3. The van der Waals surface area contributed by atoms with E-state index in [0.717, 1.165) is 11.1 Å². The molecule has 1 heterocycles. The minimum absolute atomic E-state index is 0.501. The molecule has 0 radical (unpaired) electrons. The van der Waals surface area contributed by atoms with Gasteiger partial charge in [0.15, 0.2) is 0 Å². The third-order valence-corrected chi connectivity index (χ3v) is 3.29. The summed E-state index contributed by atoms with van der Waals surface area (Å²) >= 11 is 0. The highest BCUT2D eigenvalue weighted by Crippen LogP contribution is 2.20. The summed E-state index contributed by atoms with van der Waals surface area (Å²) in [6, 6.07) is 14.2. The number of benzene rings is 2. The van der Waals surface area contributed by atoms with E-state index in [-0.39, 0.29) is 0 Å². The molecule has 1 N–H and O–H groups in total. The van der Waals surface area contributed by atoms with E-state index in [1.807, 2.05) is 30.3 Å². The zero-order valence-electron chi connectivity index (χ0n) is 11.8. The minimum atomic E-state index is -0.597. The van der Waals surface area contributed by atoms with Crippen molar-refractivity contribution in [1.29, 1.82) is 0 Å². The first kappa shape index (κ1) is 13.6. The van der Waals surface area contributed by atoms with E-state index in [0.29, 0.717) is 18.8 Å². The SMILES string of the molecule is CC(O)c1cn(CCOc2ccc3ccccc3c2)nn1. The molecule has 21 heavy (non-hydrogen) atoms. The second-order valence-electron chi connectivity index (χ2n) is 4.94. The third kappa shape index (κ3) is 3.20. The van der Waals surface area contributed by atoms with Crippen molar-refractivity contribution in [3.63, 3.8) is 0 Å². The van der Waals surface area contributed by atoms with Gasteiger partial charge in [0.05, 0.1) is 18.8 Å². The van der Waals surface area contributed by atoms with Gasteiger partial charge < -0.3 is 9.84 Å². The molecule has 5 nitrogen and oxygen atoms in total. The highest BCUT2D eigenvalue weighted by Gasteiger charge is 2.06. The molecule has 0 saturated carbocycles. The van der Waals surface area contributed by atoms with Crippen LogP contribution in [0.3, 0.4) is 0 Å². The fraction of sp³-hybridized carbons (Fsp3) is 0.250. The fourth-order valence-electron chi connectivity index (χ4n) is 2.13. The number of hydrogen-bond donors (Lipinski definition) is 1. The summed E-state index contributed by atoms with van der Waals surface area (Å²) in [5.74, 6) is 0.838. The van der Waals surface area contributed by atoms with Crippen LogP contribution in [0.5, 0.6) is 5.75 Å². The number of fused-ring (bicyclic) bond motifs is 1. The Balaban J connectivity index is 1.60. The smallest absolute Gasteiger partial charge is 0.120 e. The first-order chi connectivity index (χ1) is 10.2. The van der Waals surface area contributed by atoms with E-state index in [1.165, 1.54) is 5.39 Å². The number of rotatable bonds is 5. The maximum atomic E-state index is 9.39. The summed E-state index contributed by atoms with van der Waals surface area (Å²) in [5, 5.41) is 19.6. The molecule has 1 atom stereocenters. The molecule has 0 aliphatic carbocycles. The van der Waals surface area contributed by atoms with Crippen LogP contribution in [0.2, 0.25) is 0 Å². The fourth-order valence-corrected chi connectivity index (χ4v) is 2.13. The molecule has 2 aromatic carbocycles. The molecule has 1 unspecified atom stereocenters. The van der Waals surface area contributed by atoms with Gasteiger partial charge in [0, 0.05) is 0 Å². The lowest BCUT2D eigenvalue weighted by molar-refractivity contribution is 0.194. The predicted octanol–water partition coefficient (Wildman–Crippen LogP) is 2.56. The molecular weight excluding hydrogens is 266 g/mol.